The van der Waals surface area contributed by atoms with Crippen LogP contribution >= 0.6 is 21.6 Å². The summed E-state index contributed by atoms with van der Waals surface area (Å²) in [5, 5.41) is 10.1. The monoisotopic (exact) mass is 731 g/mol. The second-order valence-corrected chi connectivity index (χ2v) is 16.9. The molecule has 1 amide bonds. The number of ether oxygens (including phenoxy) is 2. The van der Waals surface area contributed by atoms with Gasteiger partial charge in [0.25, 0.3) is 0 Å². The highest BCUT2D eigenvalue weighted by Crippen LogP contribution is 2.58. The van der Waals surface area contributed by atoms with E-state index in [4.69, 9.17) is 19.6 Å². The third-order valence-electron chi connectivity index (χ3n) is 11.4. The molecule has 1 aromatic carbocycles. The van der Waals surface area contributed by atoms with E-state index in [1.54, 1.807) is 53.8 Å². The molecule has 3 aliphatic heterocycles. The Hall–Kier alpha value is -3.74. The number of rotatable bonds is 6. The summed E-state index contributed by atoms with van der Waals surface area (Å²) in [6.45, 7) is 8.39. The first-order valence-electron chi connectivity index (χ1n) is 17.7. The number of hydrogen-bond acceptors (Lipinski definition) is 11. The van der Waals surface area contributed by atoms with E-state index in [1.807, 2.05) is 30.0 Å². The largest absolute Gasteiger partial charge is 0.481 e. The van der Waals surface area contributed by atoms with Crippen molar-refractivity contribution in [3.05, 3.63) is 86.4 Å². The van der Waals surface area contributed by atoms with Gasteiger partial charge in [-0.3, -0.25) is 4.79 Å². The lowest BCUT2D eigenvalue weighted by atomic mass is 9.61. The van der Waals surface area contributed by atoms with Crippen LogP contribution < -0.4 is 16.1 Å². The van der Waals surface area contributed by atoms with Crippen LogP contribution in [0, 0.1) is 5.92 Å². The molecule has 10 nitrogen and oxygen atoms in total. The minimum absolute atomic E-state index is 0.0268. The van der Waals surface area contributed by atoms with Crippen molar-refractivity contribution in [2.24, 2.45) is 5.92 Å². The number of anilines is 1. The molecule has 1 fully saturated rings. The van der Waals surface area contributed by atoms with E-state index in [-0.39, 0.29) is 25.0 Å². The van der Waals surface area contributed by atoms with Gasteiger partial charge in [0.2, 0.25) is 5.91 Å². The van der Waals surface area contributed by atoms with Gasteiger partial charge in [-0.25, -0.2) is 14.6 Å². The predicted molar refractivity (Wildman–Crippen MR) is 201 cm³/mol. The number of allylic oxidation sites excluding steroid dienone is 1. The van der Waals surface area contributed by atoms with Crippen LogP contribution in [-0.2, 0) is 33.6 Å². The number of fused-ring (bicyclic) bond motifs is 7. The fourth-order valence-corrected chi connectivity index (χ4v) is 10.8. The van der Waals surface area contributed by atoms with E-state index in [9.17, 15) is 19.5 Å². The maximum atomic E-state index is 14.0. The molecule has 51 heavy (non-hydrogen) atoms. The van der Waals surface area contributed by atoms with Gasteiger partial charge >= 0.3 is 11.6 Å². The predicted octanol–water partition coefficient (Wildman–Crippen LogP) is 5.93. The molecule has 1 saturated heterocycles. The van der Waals surface area contributed by atoms with Gasteiger partial charge in [-0.2, -0.15) is 0 Å². The van der Waals surface area contributed by atoms with Crippen LogP contribution in [0.15, 0.2) is 63.0 Å². The standard InChI is InChI=1S/C39H45N3O7S2/c1-5-22(3)36(45)49-38(4)10-9-25-20-50-51-21-30-23(6-2)19-42(30)34(44)14-28-18-41-33(40)15-29(28)35(25)39(38)17-27-13-26-12-24(8-7-11-43)37(46)47-31(26)16-32(27)48-39/h5,9,12-13,15-16,18,23,30,35,43H,6-8,10-11,14,17,19-21H2,1-4H3,(H2,40,41)/b22-5+/t23-,30+,35-,38+,39+/m0/s1. The van der Waals surface area contributed by atoms with Crippen molar-refractivity contribution in [1.29, 1.82) is 0 Å². The molecule has 3 N–H and O–H groups in total. The Morgan fingerprint density at radius 1 is 1.22 bits per heavy atom. The van der Waals surface area contributed by atoms with E-state index >= 15 is 0 Å². The fourth-order valence-electron chi connectivity index (χ4n) is 8.20. The molecule has 1 aliphatic carbocycles. The molecule has 2 aromatic heterocycles. The second kappa shape index (κ2) is 14.0. The molecular formula is C39H45N3O7S2. The average Bonchev–Trinajstić information content (AvgIpc) is 3.46. The molecule has 5 atom stereocenters. The molecular weight excluding hydrogens is 687 g/mol. The molecule has 0 unspecified atom stereocenters. The number of aliphatic hydroxyl groups excluding tert-OH is 1. The van der Waals surface area contributed by atoms with Gasteiger partial charge in [0.15, 0.2) is 11.2 Å². The molecule has 0 saturated carbocycles. The van der Waals surface area contributed by atoms with Gasteiger partial charge in [-0.05, 0) is 80.8 Å². The first-order valence-corrected chi connectivity index (χ1v) is 20.2. The van der Waals surface area contributed by atoms with Gasteiger partial charge in [-0.1, -0.05) is 46.2 Å². The van der Waals surface area contributed by atoms with Gasteiger partial charge in [0.05, 0.1) is 12.3 Å². The highest BCUT2D eigenvalue weighted by molar-refractivity contribution is 8.76. The van der Waals surface area contributed by atoms with E-state index in [1.165, 1.54) is 0 Å². The van der Waals surface area contributed by atoms with Crippen molar-refractivity contribution in [3.63, 3.8) is 0 Å². The van der Waals surface area contributed by atoms with Crippen molar-refractivity contribution in [2.45, 2.75) is 89.4 Å². The first-order chi connectivity index (χ1) is 24.5. The Labute approximate surface area is 305 Å². The summed E-state index contributed by atoms with van der Waals surface area (Å²) >= 11 is 0. The van der Waals surface area contributed by atoms with E-state index in [2.05, 4.69) is 18.0 Å². The smallest absolute Gasteiger partial charge is 0.339 e. The second-order valence-electron chi connectivity index (χ2n) is 14.4. The Morgan fingerprint density at radius 3 is 2.80 bits per heavy atom. The fraction of sp³-hybridized carbons (Fsp3) is 0.487. The summed E-state index contributed by atoms with van der Waals surface area (Å²) in [5.74, 6) is 2.07. The van der Waals surface area contributed by atoms with Crippen molar-refractivity contribution >= 4 is 50.3 Å². The van der Waals surface area contributed by atoms with Gasteiger partial charge in [0, 0.05) is 72.3 Å². The van der Waals surface area contributed by atoms with E-state index in [0.717, 1.165) is 46.4 Å². The summed E-state index contributed by atoms with van der Waals surface area (Å²) < 4.78 is 19.5. The number of aliphatic hydroxyl groups is 1. The summed E-state index contributed by atoms with van der Waals surface area (Å²) in [5.41, 5.74) is 8.63. The molecule has 3 aromatic rings. The quantitative estimate of drug-likeness (QED) is 0.102. The molecule has 0 radical (unpaired) electrons. The highest BCUT2D eigenvalue weighted by Gasteiger charge is 2.64. The molecule has 7 rings (SSSR count). The van der Waals surface area contributed by atoms with Crippen molar-refractivity contribution < 1.29 is 28.6 Å². The molecule has 5 heterocycles. The number of nitrogens with two attached hydrogens (primary N) is 1. The third kappa shape index (κ3) is 6.27. The number of nitrogens with zero attached hydrogens (tertiary/aromatic N) is 2. The summed E-state index contributed by atoms with van der Waals surface area (Å²) in [7, 11) is 3.56. The summed E-state index contributed by atoms with van der Waals surface area (Å²) in [4.78, 5) is 47.0. The maximum Gasteiger partial charge on any atom is 0.339 e. The van der Waals surface area contributed by atoms with E-state index < -0.39 is 28.7 Å². The molecule has 1 spiro atoms. The van der Waals surface area contributed by atoms with Crippen LogP contribution in [0.1, 0.15) is 75.1 Å². The molecule has 4 aliphatic rings. The van der Waals surface area contributed by atoms with E-state index in [0.29, 0.717) is 65.6 Å². The lowest BCUT2D eigenvalue weighted by Gasteiger charge is -2.52. The van der Waals surface area contributed by atoms with Crippen LogP contribution in [-0.4, -0.2) is 68.8 Å². The number of esters is 1. The number of nitrogen functional groups attached to an aromatic ring is 1. The van der Waals surface area contributed by atoms with Crippen LogP contribution in [0.4, 0.5) is 5.82 Å². The third-order valence-corrected chi connectivity index (χ3v) is 13.7. The lowest BCUT2D eigenvalue weighted by molar-refractivity contribution is -0.183. The number of aromatic nitrogens is 1. The van der Waals surface area contributed by atoms with Crippen LogP contribution in [0.25, 0.3) is 11.0 Å². The number of amides is 1. The van der Waals surface area contributed by atoms with Crippen LogP contribution in [0.2, 0.25) is 0 Å². The molecule has 270 valence electrons. The summed E-state index contributed by atoms with van der Waals surface area (Å²) in [6.07, 6.45) is 8.47. The minimum atomic E-state index is -1.16. The Kier molecular flexibility index (Phi) is 9.79. The molecule has 0 bridgehead atoms. The number of carbonyl (C=O) groups is 2. The maximum absolute atomic E-state index is 14.0. The van der Waals surface area contributed by atoms with Gasteiger partial charge in [-0.15, -0.1) is 0 Å². The zero-order valence-electron chi connectivity index (χ0n) is 29.5. The first kappa shape index (κ1) is 35.7. The number of pyridine rings is 1. The topological polar surface area (TPSA) is 145 Å². The Morgan fingerprint density at radius 2 is 2.04 bits per heavy atom. The number of benzene rings is 1. The lowest BCUT2D eigenvalue weighted by Crippen LogP contribution is -2.63. The summed E-state index contributed by atoms with van der Waals surface area (Å²) in [6, 6.07) is 7.63. The van der Waals surface area contributed by atoms with Crippen molar-refractivity contribution in [2.75, 3.05) is 30.4 Å². The average molecular weight is 732 g/mol. The SMILES string of the molecule is C/C=C(\C)C(=O)O[C@]1(C)CC=C2CSSC[C@@H]3[C@@H](CC)CN3C(=O)Cc3cnc(N)cc3[C@H]2[C@]12Cc1cc3cc(CCCO)c(=O)oc3cc1O2. The molecule has 12 heteroatoms. The van der Waals surface area contributed by atoms with Gasteiger partial charge < -0.3 is 29.6 Å². The Bertz CT molecular complexity index is 2010. The van der Waals surface area contributed by atoms with Crippen LogP contribution in [0.3, 0.4) is 0 Å². The number of aryl methyl sites for hydroxylation is 1. The number of carbonyl (C=O) groups excluding carboxylic acids is 2. The normalized spacial score (nSPS) is 27.6. The highest BCUT2D eigenvalue weighted by atomic mass is 33.1. The van der Waals surface area contributed by atoms with Crippen molar-refractivity contribution in [3.8, 4) is 5.75 Å². The van der Waals surface area contributed by atoms with Gasteiger partial charge in [0.1, 0.15) is 17.2 Å². The number of hydrogen-bond donors (Lipinski definition) is 2. The zero-order valence-corrected chi connectivity index (χ0v) is 31.2. The van der Waals surface area contributed by atoms with Crippen molar-refractivity contribution in [1.82, 2.24) is 9.88 Å². The Balaban J connectivity index is 1.40. The zero-order chi connectivity index (χ0) is 36.1. The van der Waals surface area contributed by atoms with Crippen LogP contribution in [0.5, 0.6) is 5.75 Å². The minimum Gasteiger partial charge on any atom is -0.481 e.